The molecule has 0 aliphatic heterocycles. The number of amides is 1. The van der Waals surface area contributed by atoms with Crippen molar-refractivity contribution < 1.29 is 44.3 Å². The zero-order valence-electron chi connectivity index (χ0n) is 21.4. The third kappa shape index (κ3) is 4.45. The maximum absolute atomic E-state index is 13.8. The lowest BCUT2D eigenvalue weighted by Crippen LogP contribution is -2.60. The zero-order chi connectivity index (χ0) is 28.0. The molecule has 12 nitrogen and oxygen atoms in total. The first-order valence-corrected chi connectivity index (χ1v) is 11.7. The van der Waals surface area contributed by atoms with Gasteiger partial charge >= 0.3 is 5.97 Å². The van der Waals surface area contributed by atoms with Crippen molar-refractivity contribution in [1.82, 2.24) is 4.90 Å². The Kier molecular flexibility index (Phi) is 7.68. The van der Waals surface area contributed by atoms with E-state index in [-0.39, 0.29) is 29.5 Å². The number of phenols is 1. The number of nitrogens with zero attached hydrogens (tertiary/aromatic N) is 2. The van der Waals surface area contributed by atoms with Crippen LogP contribution < -0.4 is 10.6 Å². The van der Waals surface area contributed by atoms with Gasteiger partial charge in [-0.15, -0.1) is 0 Å². The number of ether oxygens (including phenoxy) is 1. The van der Waals surface area contributed by atoms with Gasteiger partial charge in [0.2, 0.25) is 5.91 Å². The number of ketones is 2. The fourth-order valence-electron chi connectivity index (χ4n) is 5.56. The van der Waals surface area contributed by atoms with E-state index in [1.165, 1.54) is 6.07 Å². The molecule has 0 saturated carbocycles. The number of likely N-dealkylation sites (N-methyl/N-ethyl adjacent to an activating group) is 1. The van der Waals surface area contributed by atoms with Gasteiger partial charge in [0, 0.05) is 37.3 Å². The van der Waals surface area contributed by atoms with Gasteiger partial charge in [-0.3, -0.25) is 14.4 Å². The molecule has 0 heterocycles. The largest absolute Gasteiger partial charge is 0.508 e. The van der Waals surface area contributed by atoms with Crippen molar-refractivity contribution in [2.24, 2.45) is 17.6 Å². The average molecular weight is 520 g/mol. The van der Waals surface area contributed by atoms with Crippen LogP contribution in [0.25, 0.3) is 0 Å². The monoisotopic (exact) mass is 519 g/mol. The third-order valence-electron chi connectivity index (χ3n) is 7.37. The van der Waals surface area contributed by atoms with Crippen molar-refractivity contribution in [1.29, 1.82) is 0 Å². The van der Waals surface area contributed by atoms with Gasteiger partial charge in [0.25, 0.3) is 0 Å². The average Bonchev–Trinajstić information content (AvgIpc) is 2.81. The lowest BCUT2D eigenvalue weighted by atomic mass is 9.61. The van der Waals surface area contributed by atoms with Crippen molar-refractivity contribution in [3.05, 3.63) is 34.1 Å². The van der Waals surface area contributed by atoms with E-state index in [2.05, 4.69) is 0 Å². The maximum Gasteiger partial charge on any atom is 0.341 e. The number of aliphatic hydroxyl groups excluding tert-OH is 2. The van der Waals surface area contributed by atoms with Crippen LogP contribution in [0.2, 0.25) is 0 Å². The molecule has 3 rings (SSSR count). The molecule has 0 spiro atoms. The Bertz CT molecular complexity index is 1190. The Labute approximate surface area is 213 Å². The molecule has 1 amide bonds. The van der Waals surface area contributed by atoms with Gasteiger partial charge in [-0.05, 0) is 44.5 Å². The molecule has 12 heteroatoms. The van der Waals surface area contributed by atoms with Gasteiger partial charge in [0.1, 0.15) is 17.1 Å². The second kappa shape index (κ2) is 10.1. The highest BCUT2D eigenvalue weighted by molar-refractivity contribution is 6.17. The molecule has 2 aliphatic carbocycles. The standard InChI is InChI=1S/C25H33N3O9/c1-27(2)15-8-13(24(35)37-5)21(32)20-12(15)6-11-7-14(16(10-29)28(3)4)25(36,17(30)9-18(26)31)23(34)19(11)22(20)33/h8,11,14,16,29,32,34,36H,6-7,9-10H2,1-5H3,(H2,26,31)/t11-,14-,16?,25+/m0/s1. The lowest BCUT2D eigenvalue weighted by molar-refractivity contribution is -0.151. The quantitative estimate of drug-likeness (QED) is 0.220. The predicted octanol–water partition coefficient (Wildman–Crippen LogP) is -0.470. The molecule has 6 N–H and O–H groups in total. The van der Waals surface area contributed by atoms with Gasteiger partial charge in [0.05, 0.1) is 25.7 Å². The number of Topliss-reactive ketones (excluding diaryl/α,β-unsaturated/α-hetero) is 2. The first-order chi connectivity index (χ1) is 17.2. The van der Waals surface area contributed by atoms with Crippen LogP contribution in [-0.2, 0) is 20.7 Å². The van der Waals surface area contributed by atoms with Crippen molar-refractivity contribution in [2.75, 3.05) is 46.8 Å². The van der Waals surface area contributed by atoms with Gasteiger partial charge in [-0.25, -0.2) is 4.79 Å². The highest BCUT2D eigenvalue weighted by Crippen LogP contribution is 2.51. The number of methoxy groups -OCH3 is 1. The van der Waals surface area contributed by atoms with Crippen molar-refractivity contribution in [3.8, 4) is 5.75 Å². The number of esters is 1. The SMILES string of the molecule is COC(=O)c1cc(N(C)C)c2c(c1O)C(=O)C1=C(O)[C@](O)(C(=O)CC(N)=O)[C@H](C(CO)N(C)C)C[C@@H]1C2. The normalized spacial score (nSPS) is 23.8. The number of nitrogens with two attached hydrogens (primary N) is 1. The fraction of sp³-hybridized carbons (Fsp3) is 0.520. The lowest BCUT2D eigenvalue weighted by Gasteiger charge is -2.47. The minimum absolute atomic E-state index is 0.0125. The molecule has 0 radical (unpaired) electrons. The van der Waals surface area contributed by atoms with E-state index in [9.17, 15) is 39.6 Å². The molecule has 1 aromatic rings. The number of carbonyl (C=O) groups excluding carboxylic acids is 4. The van der Waals surface area contributed by atoms with Gasteiger partial charge < -0.3 is 40.7 Å². The van der Waals surface area contributed by atoms with E-state index in [0.717, 1.165) is 7.11 Å². The summed E-state index contributed by atoms with van der Waals surface area (Å²) in [6.45, 7) is -0.490. The first-order valence-electron chi connectivity index (χ1n) is 11.7. The zero-order valence-corrected chi connectivity index (χ0v) is 21.4. The summed E-state index contributed by atoms with van der Waals surface area (Å²) in [7, 11) is 7.75. The van der Waals surface area contributed by atoms with Crippen LogP contribution in [0.5, 0.6) is 5.75 Å². The highest BCUT2D eigenvalue weighted by Gasteiger charge is 2.58. The number of phenolic OH excluding ortho intramolecular Hbond substituents is 1. The Hall–Kier alpha value is -3.48. The van der Waals surface area contributed by atoms with Gasteiger partial charge in [-0.2, -0.15) is 0 Å². The fourth-order valence-corrected chi connectivity index (χ4v) is 5.56. The minimum Gasteiger partial charge on any atom is -0.508 e. The van der Waals surface area contributed by atoms with E-state index in [1.807, 2.05) is 0 Å². The summed E-state index contributed by atoms with van der Waals surface area (Å²) in [5.41, 5.74) is 2.55. The smallest absolute Gasteiger partial charge is 0.341 e. The number of anilines is 1. The summed E-state index contributed by atoms with van der Waals surface area (Å²) in [4.78, 5) is 54.1. The number of hydrogen-bond acceptors (Lipinski definition) is 11. The van der Waals surface area contributed by atoms with Gasteiger partial charge in [0.15, 0.2) is 17.2 Å². The summed E-state index contributed by atoms with van der Waals surface area (Å²) in [5, 5.41) is 44.0. The number of fused-ring (bicyclic) bond motifs is 2. The van der Waals surface area contributed by atoms with Crippen LogP contribution in [0.1, 0.15) is 39.1 Å². The highest BCUT2D eigenvalue weighted by atomic mass is 16.5. The molecule has 37 heavy (non-hydrogen) atoms. The number of primary amides is 1. The summed E-state index contributed by atoms with van der Waals surface area (Å²) in [6, 6.07) is 0.580. The Morgan fingerprint density at radius 1 is 1.22 bits per heavy atom. The predicted molar refractivity (Wildman–Crippen MR) is 131 cm³/mol. The number of aromatic hydroxyl groups is 1. The number of aliphatic hydroxyl groups is 3. The number of benzene rings is 1. The molecule has 202 valence electrons. The van der Waals surface area contributed by atoms with Crippen molar-refractivity contribution in [3.63, 3.8) is 0 Å². The molecular formula is C25H33N3O9. The van der Waals surface area contributed by atoms with Crippen LogP contribution in [0.3, 0.4) is 0 Å². The van der Waals surface area contributed by atoms with Crippen LogP contribution in [0.15, 0.2) is 17.4 Å². The Balaban J connectivity index is 2.33. The molecule has 1 aromatic carbocycles. The molecule has 0 fully saturated rings. The Morgan fingerprint density at radius 3 is 2.32 bits per heavy atom. The van der Waals surface area contributed by atoms with Crippen LogP contribution in [0, 0.1) is 11.8 Å². The molecular weight excluding hydrogens is 486 g/mol. The number of hydrogen-bond donors (Lipinski definition) is 5. The molecule has 4 atom stereocenters. The van der Waals surface area contributed by atoms with Crippen LogP contribution in [0.4, 0.5) is 5.69 Å². The van der Waals surface area contributed by atoms with E-state index in [1.54, 1.807) is 38.0 Å². The molecule has 0 bridgehead atoms. The van der Waals surface area contributed by atoms with E-state index >= 15 is 0 Å². The second-order valence-corrected chi connectivity index (χ2v) is 9.91. The number of rotatable bonds is 8. The van der Waals surface area contributed by atoms with Crippen molar-refractivity contribution >= 4 is 29.1 Å². The Morgan fingerprint density at radius 2 is 1.84 bits per heavy atom. The summed E-state index contributed by atoms with van der Waals surface area (Å²) in [5.74, 6) is -7.32. The summed E-state index contributed by atoms with van der Waals surface area (Å²) >= 11 is 0. The topological polar surface area (TPSA) is 191 Å². The molecule has 2 aliphatic rings. The summed E-state index contributed by atoms with van der Waals surface area (Å²) in [6.07, 6.45) is -0.805. The maximum atomic E-state index is 13.8. The van der Waals surface area contributed by atoms with Crippen LogP contribution in [-0.4, -0.2) is 102 Å². The molecule has 0 saturated heterocycles. The second-order valence-electron chi connectivity index (χ2n) is 9.91. The number of allylic oxidation sites excluding steroid dienone is 1. The molecule has 0 aromatic heterocycles. The number of carbonyl (C=O) groups is 4. The first kappa shape index (κ1) is 28.1. The molecule has 1 unspecified atom stereocenters. The summed E-state index contributed by atoms with van der Waals surface area (Å²) < 4.78 is 4.74. The van der Waals surface area contributed by atoms with E-state index in [4.69, 9.17) is 10.5 Å². The van der Waals surface area contributed by atoms with Gasteiger partial charge in [-0.1, -0.05) is 0 Å². The van der Waals surface area contributed by atoms with Crippen LogP contribution >= 0.6 is 0 Å². The van der Waals surface area contributed by atoms with Crippen molar-refractivity contribution in [2.45, 2.75) is 30.9 Å². The van der Waals surface area contributed by atoms with E-state index < -0.39 is 71.5 Å². The minimum atomic E-state index is -2.70. The third-order valence-corrected chi connectivity index (χ3v) is 7.37. The van der Waals surface area contributed by atoms with E-state index in [0.29, 0.717) is 11.3 Å².